The van der Waals surface area contributed by atoms with E-state index in [1.54, 1.807) is 19.3 Å². The van der Waals surface area contributed by atoms with Crippen molar-refractivity contribution in [3.8, 4) is 0 Å². The first-order chi connectivity index (χ1) is 9.60. The second-order valence-electron chi connectivity index (χ2n) is 5.83. The van der Waals surface area contributed by atoms with E-state index in [1.165, 1.54) is 23.5 Å². The lowest BCUT2D eigenvalue weighted by molar-refractivity contribution is -0.0948. The summed E-state index contributed by atoms with van der Waals surface area (Å²) in [4.78, 5) is 25.8. The zero-order chi connectivity index (χ0) is 14.2. The van der Waals surface area contributed by atoms with Crippen LogP contribution in [0.5, 0.6) is 0 Å². The number of hydrogen-bond donors (Lipinski definition) is 0. The predicted molar refractivity (Wildman–Crippen MR) is 74.7 cm³/mol. The molecule has 2 aliphatic rings. The molecule has 1 aromatic rings. The largest absolute Gasteiger partial charge is 0.371 e. The van der Waals surface area contributed by atoms with Crippen molar-refractivity contribution in [2.75, 3.05) is 19.7 Å². The molecule has 1 aromatic heterocycles. The summed E-state index contributed by atoms with van der Waals surface area (Å²) >= 11 is 0. The number of carbonyl (C=O) groups is 1. The molecule has 108 valence electrons. The van der Waals surface area contributed by atoms with Crippen LogP contribution in [0, 0.1) is 0 Å². The Hall–Kier alpha value is -1.62. The minimum absolute atomic E-state index is 0.00447. The normalized spacial score (nSPS) is 21.4. The first kappa shape index (κ1) is 13.4. The number of pyridine rings is 1. The Kier molecular flexibility index (Phi) is 3.38. The summed E-state index contributed by atoms with van der Waals surface area (Å²) in [5.74, 6) is -0.00447. The second kappa shape index (κ2) is 5.05. The Morgan fingerprint density at radius 3 is 2.75 bits per heavy atom. The lowest BCUT2D eigenvalue weighted by Crippen LogP contribution is -2.52. The van der Waals surface area contributed by atoms with E-state index in [0.29, 0.717) is 25.3 Å². The average molecular weight is 276 g/mol. The zero-order valence-electron chi connectivity index (χ0n) is 11.8. The molecule has 1 saturated carbocycles. The van der Waals surface area contributed by atoms with Crippen LogP contribution in [-0.4, -0.2) is 40.7 Å². The van der Waals surface area contributed by atoms with Crippen LogP contribution in [0.25, 0.3) is 0 Å². The second-order valence-corrected chi connectivity index (χ2v) is 5.83. The van der Waals surface area contributed by atoms with Gasteiger partial charge in [0.2, 0.25) is 5.56 Å². The summed E-state index contributed by atoms with van der Waals surface area (Å²) in [7, 11) is 1.66. The summed E-state index contributed by atoms with van der Waals surface area (Å²) in [5.41, 5.74) is 0.354. The third-order valence-corrected chi connectivity index (χ3v) is 4.38. The van der Waals surface area contributed by atoms with Crippen molar-refractivity contribution in [3.63, 3.8) is 0 Å². The molecule has 5 nitrogen and oxygen atoms in total. The van der Waals surface area contributed by atoms with Crippen LogP contribution in [0.15, 0.2) is 23.1 Å². The highest BCUT2D eigenvalue weighted by Crippen LogP contribution is 2.36. The fourth-order valence-corrected chi connectivity index (χ4v) is 3.24. The van der Waals surface area contributed by atoms with Crippen LogP contribution in [0.4, 0.5) is 0 Å². The number of morpholine rings is 1. The Morgan fingerprint density at radius 2 is 2.05 bits per heavy atom. The highest BCUT2D eigenvalue weighted by atomic mass is 16.5. The Balaban J connectivity index is 1.79. The minimum Gasteiger partial charge on any atom is -0.371 e. The van der Waals surface area contributed by atoms with Crippen LogP contribution in [-0.2, 0) is 11.8 Å². The first-order valence-electron chi connectivity index (χ1n) is 7.20. The number of amides is 1. The zero-order valence-corrected chi connectivity index (χ0v) is 11.8. The van der Waals surface area contributed by atoms with E-state index in [1.807, 2.05) is 4.90 Å². The Labute approximate surface area is 118 Å². The number of aromatic nitrogens is 1. The van der Waals surface area contributed by atoms with Crippen molar-refractivity contribution >= 4 is 5.91 Å². The van der Waals surface area contributed by atoms with Gasteiger partial charge in [0.1, 0.15) is 0 Å². The van der Waals surface area contributed by atoms with E-state index in [4.69, 9.17) is 4.74 Å². The van der Waals surface area contributed by atoms with Crippen molar-refractivity contribution in [1.82, 2.24) is 9.47 Å². The molecule has 1 saturated heterocycles. The molecule has 1 spiro atoms. The van der Waals surface area contributed by atoms with Crippen LogP contribution < -0.4 is 5.56 Å². The van der Waals surface area contributed by atoms with Crippen molar-refractivity contribution in [3.05, 3.63) is 34.2 Å². The summed E-state index contributed by atoms with van der Waals surface area (Å²) in [5, 5.41) is 0. The molecule has 0 bridgehead atoms. The van der Waals surface area contributed by atoms with Gasteiger partial charge in [0.05, 0.1) is 24.3 Å². The third kappa shape index (κ3) is 2.38. The number of rotatable bonds is 1. The van der Waals surface area contributed by atoms with Crippen molar-refractivity contribution in [2.45, 2.75) is 31.3 Å². The minimum atomic E-state index is -0.116. The van der Waals surface area contributed by atoms with Gasteiger partial charge < -0.3 is 14.2 Å². The quantitative estimate of drug-likeness (QED) is 0.773. The van der Waals surface area contributed by atoms with Gasteiger partial charge in [-0.15, -0.1) is 0 Å². The number of hydrogen-bond acceptors (Lipinski definition) is 3. The molecule has 1 amide bonds. The summed E-state index contributed by atoms with van der Waals surface area (Å²) < 4.78 is 7.38. The highest BCUT2D eigenvalue weighted by Gasteiger charge is 2.40. The number of carbonyl (C=O) groups excluding carboxylic acids is 1. The molecule has 0 radical (unpaired) electrons. The van der Waals surface area contributed by atoms with E-state index >= 15 is 0 Å². The molecule has 1 aliphatic carbocycles. The van der Waals surface area contributed by atoms with E-state index in [0.717, 1.165) is 12.8 Å². The average Bonchev–Trinajstić information content (AvgIpc) is 2.89. The van der Waals surface area contributed by atoms with Crippen LogP contribution in [0.1, 0.15) is 36.0 Å². The molecule has 0 atom stereocenters. The highest BCUT2D eigenvalue weighted by molar-refractivity contribution is 5.94. The SMILES string of the molecule is Cn1cc(C(=O)N2CCOC3(CCCC3)C2)ccc1=O. The molecule has 2 heterocycles. The van der Waals surface area contributed by atoms with Gasteiger partial charge in [0.15, 0.2) is 0 Å². The van der Waals surface area contributed by atoms with E-state index in [9.17, 15) is 9.59 Å². The third-order valence-electron chi connectivity index (χ3n) is 4.38. The molecule has 2 fully saturated rings. The smallest absolute Gasteiger partial charge is 0.255 e. The molecule has 3 rings (SSSR count). The van der Waals surface area contributed by atoms with Crippen LogP contribution in [0.2, 0.25) is 0 Å². The summed E-state index contributed by atoms with van der Waals surface area (Å²) in [6, 6.07) is 3.06. The fourth-order valence-electron chi connectivity index (χ4n) is 3.24. The molecule has 20 heavy (non-hydrogen) atoms. The molecule has 1 aliphatic heterocycles. The summed E-state index contributed by atoms with van der Waals surface area (Å²) in [6.07, 6.45) is 6.07. The molecule has 0 unspecified atom stereocenters. The van der Waals surface area contributed by atoms with Gasteiger partial charge >= 0.3 is 0 Å². The molecular formula is C15H20N2O3. The predicted octanol–water partition coefficient (Wildman–Crippen LogP) is 1.17. The lowest BCUT2D eigenvalue weighted by Gasteiger charge is -2.40. The van der Waals surface area contributed by atoms with Gasteiger partial charge in [0.25, 0.3) is 5.91 Å². The van der Waals surface area contributed by atoms with Gasteiger partial charge in [-0.25, -0.2) is 0 Å². The van der Waals surface area contributed by atoms with Gasteiger partial charge in [-0.3, -0.25) is 9.59 Å². The molecular weight excluding hydrogens is 256 g/mol. The van der Waals surface area contributed by atoms with Crippen LogP contribution in [0.3, 0.4) is 0 Å². The van der Waals surface area contributed by atoms with E-state index in [-0.39, 0.29) is 17.1 Å². The van der Waals surface area contributed by atoms with Gasteiger partial charge in [-0.05, 0) is 18.9 Å². The van der Waals surface area contributed by atoms with Gasteiger partial charge in [-0.2, -0.15) is 0 Å². The monoisotopic (exact) mass is 276 g/mol. The maximum atomic E-state index is 12.6. The fraction of sp³-hybridized carbons (Fsp3) is 0.600. The van der Waals surface area contributed by atoms with Crippen molar-refractivity contribution in [2.24, 2.45) is 7.05 Å². The summed E-state index contributed by atoms with van der Waals surface area (Å²) in [6.45, 7) is 1.91. The van der Waals surface area contributed by atoms with Crippen molar-refractivity contribution in [1.29, 1.82) is 0 Å². The Morgan fingerprint density at radius 1 is 1.30 bits per heavy atom. The topological polar surface area (TPSA) is 51.5 Å². The van der Waals surface area contributed by atoms with E-state index < -0.39 is 0 Å². The van der Waals surface area contributed by atoms with Gasteiger partial charge in [0, 0.05) is 25.9 Å². The molecule has 5 heteroatoms. The van der Waals surface area contributed by atoms with E-state index in [2.05, 4.69) is 0 Å². The molecule has 0 N–H and O–H groups in total. The van der Waals surface area contributed by atoms with Gasteiger partial charge in [-0.1, -0.05) is 12.8 Å². The first-order valence-corrected chi connectivity index (χ1v) is 7.20. The lowest BCUT2D eigenvalue weighted by atomic mass is 9.99. The standard InChI is InChI=1S/C15H20N2O3/c1-16-10-12(4-5-13(16)18)14(19)17-8-9-20-15(11-17)6-2-3-7-15/h4-5,10H,2-3,6-9,11H2,1H3. The number of nitrogens with zero attached hydrogens (tertiary/aromatic N) is 2. The number of ether oxygens (including phenoxy) is 1. The Bertz CT molecular complexity index is 573. The number of aryl methyl sites for hydroxylation is 1. The maximum Gasteiger partial charge on any atom is 0.255 e. The van der Waals surface area contributed by atoms with Crippen LogP contribution >= 0.6 is 0 Å². The van der Waals surface area contributed by atoms with Crippen molar-refractivity contribution < 1.29 is 9.53 Å². The molecule has 0 aromatic carbocycles. The maximum absolute atomic E-state index is 12.6.